The second-order valence-corrected chi connectivity index (χ2v) is 6.22. The highest BCUT2D eigenvalue weighted by Gasteiger charge is 2.08. The van der Waals surface area contributed by atoms with E-state index in [1.807, 2.05) is 43.3 Å². The van der Waals surface area contributed by atoms with Crippen molar-refractivity contribution in [3.63, 3.8) is 0 Å². The van der Waals surface area contributed by atoms with Gasteiger partial charge in [-0.05, 0) is 41.1 Å². The largest absolute Gasteiger partial charge is 0.294 e. The summed E-state index contributed by atoms with van der Waals surface area (Å²) in [6, 6.07) is 11.7. The molecular formula is C13H11BrOS. The first-order valence-electron chi connectivity index (χ1n) is 4.99. The third kappa shape index (κ3) is 2.80. The molecule has 1 aromatic carbocycles. The van der Waals surface area contributed by atoms with Crippen LogP contribution in [0.4, 0.5) is 0 Å². The summed E-state index contributed by atoms with van der Waals surface area (Å²) in [5, 5.41) is 0. The zero-order valence-electron chi connectivity index (χ0n) is 8.87. The molecule has 0 aliphatic rings. The molecule has 1 heterocycles. The van der Waals surface area contributed by atoms with E-state index in [0.717, 1.165) is 19.8 Å². The molecule has 0 N–H and O–H groups in total. The van der Waals surface area contributed by atoms with Crippen LogP contribution >= 0.6 is 27.3 Å². The molecule has 0 fully saturated rings. The standard InChI is InChI=1S/C13H11BrOS/c1-9-3-2-4-10(7-9)12(15)8-11-5-6-13(14)16-11/h2-7H,8H2,1H3. The monoisotopic (exact) mass is 294 g/mol. The molecule has 0 amide bonds. The average Bonchev–Trinajstić information content (AvgIpc) is 2.64. The summed E-state index contributed by atoms with van der Waals surface area (Å²) in [6.07, 6.45) is 0.486. The molecule has 16 heavy (non-hydrogen) atoms. The molecule has 0 bridgehead atoms. The fraction of sp³-hybridized carbons (Fsp3) is 0.154. The van der Waals surface area contributed by atoms with Gasteiger partial charge >= 0.3 is 0 Å². The first-order valence-corrected chi connectivity index (χ1v) is 6.60. The number of aryl methyl sites for hydroxylation is 1. The van der Waals surface area contributed by atoms with E-state index in [1.54, 1.807) is 11.3 Å². The zero-order valence-corrected chi connectivity index (χ0v) is 11.3. The Hall–Kier alpha value is -0.930. The predicted octanol–water partition coefficient (Wildman–Crippen LogP) is 4.24. The number of carbonyl (C=O) groups excluding carboxylic acids is 1. The molecule has 0 saturated carbocycles. The zero-order chi connectivity index (χ0) is 11.5. The number of hydrogen-bond acceptors (Lipinski definition) is 2. The molecular weight excluding hydrogens is 284 g/mol. The molecule has 0 atom stereocenters. The molecule has 1 nitrogen and oxygen atoms in total. The van der Waals surface area contributed by atoms with E-state index in [9.17, 15) is 4.79 Å². The highest BCUT2D eigenvalue weighted by Crippen LogP contribution is 2.23. The van der Waals surface area contributed by atoms with Crippen LogP contribution in [0.5, 0.6) is 0 Å². The topological polar surface area (TPSA) is 17.1 Å². The van der Waals surface area contributed by atoms with Crippen molar-refractivity contribution in [3.05, 3.63) is 56.2 Å². The summed E-state index contributed by atoms with van der Waals surface area (Å²) >= 11 is 5.01. The van der Waals surface area contributed by atoms with Crippen LogP contribution in [0.2, 0.25) is 0 Å². The van der Waals surface area contributed by atoms with Gasteiger partial charge in [-0.1, -0.05) is 23.8 Å². The number of rotatable bonds is 3. The van der Waals surface area contributed by atoms with Gasteiger partial charge in [0.15, 0.2) is 5.78 Å². The number of hydrogen-bond donors (Lipinski definition) is 0. The minimum Gasteiger partial charge on any atom is -0.294 e. The number of Topliss-reactive ketones (excluding diaryl/α,β-unsaturated/α-hetero) is 1. The number of benzene rings is 1. The molecule has 0 unspecified atom stereocenters. The molecule has 2 rings (SSSR count). The lowest BCUT2D eigenvalue weighted by molar-refractivity contribution is 0.0994. The Morgan fingerprint density at radius 2 is 2.12 bits per heavy atom. The first kappa shape index (κ1) is 11.6. The van der Waals surface area contributed by atoms with Crippen molar-refractivity contribution in [1.82, 2.24) is 0 Å². The van der Waals surface area contributed by atoms with Gasteiger partial charge in [0.1, 0.15) is 0 Å². The predicted molar refractivity (Wildman–Crippen MR) is 71.2 cm³/mol. The molecule has 82 valence electrons. The summed E-state index contributed by atoms with van der Waals surface area (Å²) in [4.78, 5) is 13.1. The van der Waals surface area contributed by atoms with Crippen LogP contribution in [0.1, 0.15) is 20.8 Å². The molecule has 1 aromatic heterocycles. The van der Waals surface area contributed by atoms with Gasteiger partial charge in [0.25, 0.3) is 0 Å². The quantitative estimate of drug-likeness (QED) is 0.774. The van der Waals surface area contributed by atoms with Crippen molar-refractivity contribution in [2.24, 2.45) is 0 Å². The Bertz CT molecular complexity index is 516. The van der Waals surface area contributed by atoms with Gasteiger partial charge in [0.2, 0.25) is 0 Å². The average molecular weight is 295 g/mol. The van der Waals surface area contributed by atoms with E-state index in [1.165, 1.54) is 0 Å². The van der Waals surface area contributed by atoms with Crippen molar-refractivity contribution in [2.45, 2.75) is 13.3 Å². The molecule has 0 aliphatic carbocycles. The van der Waals surface area contributed by atoms with Gasteiger partial charge in [-0.25, -0.2) is 0 Å². The van der Waals surface area contributed by atoms with Crippen LogP contribution in [-0.2, 0) is 6.42 Å². The van der Waals surface area contributed by atoms with Crippen molar-refractivity contribution >= 4 is 33.0 Å². The van der Waals surface area contributed by atoms with Gasteiger partial charge in [-0.3, -0.25) is 4.79 Å². The molecule has 2 aromatic rings. The minimum atomic E-state index is 0.179. The maximum atomic E-state index is 12.0. The molecule has 0 radical (unpaired) electrons. The van der Waals surface area contributed by atoms with Crippen LogP contribution in [-0.4, -0.2) is 5.78 Å². The Morgan fingerprint density at radius 3 is 2.75 bits per heavy atom. The highest BCUT2D eigenvalue weighted by atomic mass is 79.9. The van der Waals surface area contributed by atoms with Crippen LogP contribution in [0.25, 0.3) is 0 Å². The lowest BCUT2D eigenvalue weighted by atomic mass is 10.1. The van der Waals surface area contributed by atoms with E-state index in [4.69, 9.17) is 0 Å². The maximum absolute atomic E-state index is 12.0. The fourth-order valence-electron chi connectivity index (χ4n) is 1.53. The summed E-state index contributed by atoms with van der Waals surface area (Å²) < 4.78 is 1.07. The first-order chi connectivity index (χ1) is 7.65. The summed E-state index contributed by atoms with van der Waals surface area (Å²) in [6.45, 7) is 2.00. The van der Waals surface area contributed by atoms with Crippen LogP contribution < -0.4 is 0 Å². The highest BCUT2D eigenvalue weighted by molar-refractivity contribution is 9.11. The molecule has 0 spiro atoms. The van der Waals surface area contributed by atoms with E-state index in [0.29, 0.717) is 6.42 Å². The fourth-order valence-corrected chi connectivity index (χ4v) is 3.01. The van der Waals surface area contributed by atoms with E-state index in [2.05, 4.69) is 15.9 Å². The molecule has 0 saturated heterocycles. The maximum Gasteiger partial charge on any atom is 0.168 e. The number of ketones is 1. The Morgan fingerprint density at radius 1 is 1.31 bits per heavy atom. The van der Waals surface area contributed by atoms with Gasteiger partial charge in [0.05, 0.1) is 3.79 Å². The van der Waals surface area contributed by atoms with Crippen LogP contribution in [0, 0.1) is 6.92 Å². The second kappa shape index (κ2) is 4.93. The lowest BCUT2D eigenvalue weighted by Gasteiger charge is -2.00. The van der Waals surface area contributed by atoms with Gasteiger partial charge in [-0.15, -0.1) is 11.3 Å². The van der Waals surface area contributed by atoms with E-state index in [-0.39, 0.29) is 5.78 Å². The van der Waals surface area contributed by atoms with Crippen molar-refractivity contribution in [3.8, 4) is 0 Å². The van der Waals surface area contributed by atoms with E-state index < -0.39 is 0 Å². The summed E-state index contributed by atoms with van der Waals surface area (Å²) in [5.41, 5.74) is 1.92. The number of carbonyl (C=O) groups is 1. The van der Waals surface area contributed by atoms with Crippen molar-refractivity contribution < 1.29 is 4.79 Å². The van der Waals surface area contributed by atoms with E-state index >= 15 is 0 Å². The minimum absolute atomic E-state index is 0.179. The normalized spacial score (nSPS) is 10.4. The van der Waals surface area contributed by atoms with Crippen molar-refractivity contribution in [1.29, 1.82) is 0 Å². The van der Waals surface area contributed by atoms with Gasteiger partial charge < -0.3 is 0 Å². The van der Waals surface area contributed by atoms with Crippen molar-refractivity contribution in [2.75, 3.05) is 0 Å². The van der Waals surface area contributed by atoms with Gasteiger partial charge in [-0.2, -0.15) is 0 Å². The second-order valence-electron chi connectivity index (χ2n) is 3.68. The number of thiophene rings is 1. The lowest BCUT2D eigenvalue weighted by Crippen LogP contribution is -2.02. The Labute approximate surface area is 107 Å². The third-order valence-corrected chi connectivity index (χ3v) is 3.93. The molecule has 0 aliphatic heterocycles. The SMILES string of the molecule is Cc1cccc(C(=O)Cc2ccc(Br)s2)c1. The summed E-state index contributed by atoms with van der Waals surface area (Å²) in [7, 11) is 0. The van der Waals surface area contributed by atoms with Crippen LogP contribution in [0.15, 0.2) is 40.2 Å². The number of halogens is 1. The summed E-state index contributed by atoms with van der Waals surface area (Å²) in [5.74, 6) is 0.179. The van der Waals surface area contributed by atoms with Gasteiger partial charge in [0, 0.05) is 16.9 Å². The smallest absolute Gasteiger partial charge is 0.168 e. The Balaban J connectivity index is 2.14. The van der Waals surface area contributed by atoms with Crippen LogP contribution in [0.3, 0.4) is 0 Å². The Kier molecular flexibility index (Phi) is 3.56. The molecule has 3 heteroatoms. The third-order valence-electron chi connectivity index (χ3n) is 2.30.